The Morgan fingerprint density at radius 1 is 0.348 bits per heavy atom. The third kappa shape index (κ3) is 5.23. The van der Waals surface area contributed by atoms with Crippen LogP contribution in [0.3, 0.4) is 0 Å². The van der Waals surface area contributed by atoms with Gasteiger partial charge in [0.2, 0.25) is 0 Å². The van der Waals surface area contributed by atoms with Gasteiger partial charge in [0, 0.05) is 28.8 Å². The Hall–Kier alpha value is -8.26. The zero-order valence-corrected chi connectivity index (χ0v) is 36.3. The van der Waals surface area contributed by atoms with Crippen LogP contribution in [-0.2, 0) is 5.41 Å². The van der Waals surface area contributed by atoms with Crippen molar-refractivity contribution in [1.82, 2.24) is 0 Å². The summed E-state index contributed by atoms with van der Waals surface area (Å²) in [7, 11) is 0. The molecule has 0 saturated carbocycles. The highest BCUT2D eigenvalue weighted by molar-refractivity contribution is 6.25. The van der Waals surface area contributed by atoms with Gasteiger partial charge in [-0.15, -0.1) is 0 Å². The molecule has 0 N–H and O–H groups in total. The first-order valence-electron chi connectivity index (χ1n) is 23.3. The third-order valence-corrected chi connectivity index (χ3v) is 15.1. The number of rotatable bonds is 5. The van der Waals surface area contributed by atoms with Crippen LogP contribution in [0.15, 0.2) is 249 Å². The largest absolute Gasteiger partial charge is 0.310 e. The minimum atomic E-state index is -0.283. The van der Waals surface area contributed by atoms with E-state index in [0.717, 1.165) is 17.1 Å². The monoisotopic (exact) mass is 837 g/mol. The molecule has 0 saturated heterocycles. The molecule has 308 valence electrons. The SMILES string of the molecule is C1=CC2c3ccccc3C3(c4ccccc4-c4cc(N(c5ccc(-c6ccc7c8ccccc8c8ccccc8c7c6)cc5)c5ccc6ccccc6c5-c5ccccc5)ccc43)C2C=C1. The predicted molar refractivity (Wildman–Crippen MR) is 278 cm³/mol. The van der Waals surface area contributed by atoms with Gasteiger partial charge in [0.25, 0.3) is 0 Å². The molecular formula is C65H43N. The second-order valence-electron chi connectivity index (χ2n) is 18.3. The fourth-order valence-corrected chi connectivity index (χ4v) is 12.4. The minimum absolute atomic E-state index is 0.283. The lowest BCUT2D eigenvalue weighted by Crippen LogP contribution is -2.32. The fraction of sp³-hybridized carbons (Fsp3) is 0.0462. The van der Waals surface area contributed by atoms with Crippen molar-refractivity contribution in [3.63, 3.8) is 0 Å². The molecule has 11 aromatic carbocycles. The summed E-state index contributed by atoms with van der Waals surface area (Å²) in [5, 5.41) is 10.2. The van der Waals surface area contributed by atoms with Crippen molar-refractivity contribution < 1.29 is 0 Å². The summed E-state index contributed by atoms with van der Waals surface area (Å²) in [6.07, 6.45) is 9.40. The maximum Gasteiger partial charge on any atom is 0.0546 e. The van der Waals surface area contributed by atoms with Crippen LogP contribution < -0.4 is 4.90 Å². The molecule has 0 fully saturated rings. The van der Waals surface area contributed by atoms with Crippen LogP contribution in [0.2, 0.25) is 0 Å². The van der Waals surface area contributed by atoms with Crippen molar-refractivity contribution in [3.8, 4) is 33.4 Å². The van der Waals surface area contributed by atoms with Gasteiger partial charge in [-0.2, -0.15) is 0 Å². The van der Waals surface area contributed by atoms with E-state index in [-0.39, 0.29) is 11.3 Å². The summed E-state index contributed by atoms with van der Waals surface area (Å²) in [6.45, 7) is 0. The number of nitrogens with zero attached hydrogens (tertiary/aromatic N) is 1. The van der Waals surface area contributed by atoms with Crippen molar-refractivity contribution in [3.05, 3.63) is 271 Å². The van der Waals surface area contributed by atoms with E-state index in [2.05, 4.69) is 254 Å². The molecule has 3 aliphatic rings. The number of anilines is 3. The maximum absolute atomic E-state index is 2.50. The molecule has 0 amide bonds. The standard InChI is InChI=1S/C65H43N/c1-2-17-44(18-3-1)64-48-19-5-4-16-43(48)33-39-63(64)66(46-34-30-42(31-35-46)45-32-37-53-51-22-7-6-20-49(51)50-21-8-9-23-52(50)57(53)40-45)47-36-38-62-58(41-47)56-26-12-15-29-61(56)65(62)59-27-13-10-24-54(59)55-25-11-14-28-60(55)65/h1-41,54,59H. The van der Waals surface area contributed by atoms with E-state index in [1.165, 1.54) is 98.7 Å². The molecule has 0 aliphatic heterocycles. The van der Waals surface area contributed by atoms with Crippen molar-refractivity contribution in [2.75, 3.05) is 4.90 Å². The number of fused-ring (bicyclic) bond motifs is 17. The van der Waals surface area contributed by atoms with Crippen LogP contribution in [0, 0.1) is 5.92 Å². The van der Waals surface area contributed by atoms with Gasteiger partial charge >= 0.3 is 0 Å². The van der Waals surface area contributed by atoms with Crippen LogP contribution in [0.25, 0.3) is 76.5 Å². The van der Waals surface area contributed by atoms with Crippen molar-refractivity contribution in [2.45, 2.75) is 11.3 Å². The van der Waals surface area contributed by atoms with Crippen LogP contribution in [0.1, 0.15) is 28.2 Å². The molecule has 3 unspecified atom stereocenters. The van der Waals surface area contributed by atoms with E-state index in [9.17, 15) is 0 Å². The van der Waals surface area contributed by atoms with E-state index in [4.69, 9.17) is 0 Å². The van der Waals surface area contributed by atoms with Crippen LogP contribution in [-0.4, -0.2) is 0 Å². The molecule has 3 atom stereocenters. The van der Waals surface area contributed by atoms with Gasteiger partial charge in [0.1, 0.15) is 0 Å². The Morgan fingerprint density at radius 2 is 0.939 bits per heavy atom. The van der Waals surface area contributed by atoms with Crippen LogP contribution in [0.4, 0.5) is 17.1 Å². The van der Waals surface area contributed by atoms with E-state index < -0.39 is 0 Å². The lowest BCUT2D eigenvalue weighted by molar-refractivity contribution is 0.465. The van der Waals surface area contributed by atoms with E-state index in [1.807, 2.05) is 0 Å². The Bertz CT molecular complexity index is 3800. The van der Waals surface area contributed by atoms with E-state index in [1.54, 1.807) is 0 Å². The Morgan fingerprint density at radius 3 is 1.73 bits per heavy atom. The molecule has 14 rings (SSSR count). The first-order chi connectivity index (χ1) is 32.8. The first-order valence-corrected chi connectivity index (χ1v) is 23.3. The molecule has 3 aliphatic carbocycles. The van der Waals surface area contributed by atoms with Gasteiger partial charge in [-0.3, -0.25) is 0 Å². The summed E-state index contributed by atoms with van der Waals surface area (Å²) < 4.78 is 0. The average Bonchev–Trinajstić information content (AvgIpc) is 3.86. The second-order valence-corrected chi connectivity index (χ2v) is 18.3. The lowest BCUT2D eigenvalue weighted by Gasteiger charge is -2.36. The normalized spacial score (nSPS) is 17.6. The quantitative estimate of drug-likeness (QED) is 0.156. The van der Waals surface area contributed by atoms with Crippen LogP contribution in [0.5, 0.6) is 0 Å². The summed E-state index contributed by atoms with van der Waals surface area (Å²) in [5.41, 5.74) is 16.2. The summed E-state index contributed by atoms with van der Waals surface area (Å²) >= 11 is 0. The van der Waals surface area contributed by atoms with E-state index in [0.29, 0.717) is 5.92 Å². The van der Waals surface area contributed by atoms with Gasteiger partial charge in [0.05, 0.1) is 11.1 Å². The summed E-state index contributed by atoms with van der Waals surface area (Å²) in [5.74, 6) is 0.611. The summed E-state index contributed by atoms with van der Waals surface area (Å²) in [6, 6.07) is 84.0. The highest BCUT2D eigenvalue weighted by atomic mass is 15.1. The van der Waals surface area contributed by atoms with Gasteiger partial charge in [-0.1, -0.05) is 212 Å². The molecule has 1 spiro atoms. The van der Waals surface area contributed by atoms with Crippen molar-refractivity contribution in [1.29, 1.82) is 0 Å². The van der Waals surface area contributed by atoms with Crippen molar-refractivity contribution in [2.24, 2.45) is 5.92 Å². The van der Waals surface area contributed by atoms with Gasteiger partial charge < -0.3 is 4.90 Å². The lowest BCUT2D eigenvalue weighted by atomic mass is 9.65. The average molecular weight is 838 g/mol. The third-order valence-electron chi connectivity index (χ3n) is 15.1. The minimum Gasteiger partial charge on any atom is -0.310 e. The molecule has 1 heteroatoms. The highest BCUT2D eigenvalue weighted by Gasteiger charge is 2.57. The van der Waals surface area contributed by atoms with Gasteiger partial charge in [-0.25, -0.2) is 0 Å². The second kappa shape index (κ2) is 14.4. The van der Waals surface area contributed by atoms with Crippen molar-refractivity contribution >= 4 is 60.2 Å². The number of hydrogen-bond donors (Lipinski definition) is 0. The molecule has 66 heavy (non-hydrogen) atoms. The predicted octanol–water partition coefficient (Wildman–Crippen LogP) is 17.3. The summed E-state index contributed by atoms with van der Waals surface area (Å²) in [4.78, 5) is 2.50. The zero-order valence-electron chi connectivity index (χ0n) is 36.3. The molecular weight excluding hydrogens is 795 g/mol. The van der Waals surface area contributed by atoms with Gasteiger partial charge in [0.15, 0.2) is 0 Å². The number of benzene rings is 11. The molecule has 0 heterocycles. The number of hydrogen-bond acceptors (Lipinski definition) is 1. The Balaban J connectivity index is 0.977. The Labute approximate surface area is 384 Å². The molecule has 0 bridgehead atoms. The first kappa shape index (κ1) is 37.1. The molecule has 0 aromatic heterocycles. The Kier molecular flexibility index (Phi) is 8.09. The highest BCUT2D eigenvalue weighted by Crippen LogP contribution is 2.65. The molecule has 1 nitrogen and oxygen atoms in total. The molecule has 11 aromatic rings. The van der Waals surface area contributed by atoms with E-state index >= 15 is 0 Å². The fourth-order valence-electron chi connectivity index (χ4n) is 12.4. The number of allylic oxidation sites excluding steroid dienone is 4. The smallest absolute Gasteiger partial charge is 0.0546 e. The maximum atomic E-state index is 2.50. The van der Waals surface area contributed by atoms with Crippen LogP contribution >= 0.6 is 0 Å². The topological polar surface area (TPSA) is 3.24 Å². The molecule has 0 radical (unpaired) electrons. The zero-order chi connectivity index (χ0) is 43.3. The van der Waals surface area contributed by atoms with Gasteiger partial charge in [-0.05, 0) is 130 Å².